The summed E-state index contributed by atoms with van der Waals surface area (Å²) in [5.74, 6) is 0. The van der Waals surface area contributed by atoms with E-state index in [0.29, 0.717) is 19.4 Å². The summed E-state index contributed by atoms with van der Waals surface area (Å²) >= 11 is 0. The Kier molecular flexibility index (Phi) is 4.70. The Bertz CT molecular complexity index is 646. The zero-order valence-electron chi connectivity index (χ0n) is 14.6. The number of para-hydroxylation sites is 2. The first-order chi connectivity index (χ1) is 12.3. The second-order valence-electron chi connectivity index (χ2n) is 6.97. The standard InChI is InChI=1S/C21H25N3O/c25-21-23(19-12-6-2-7-13-19)16-22(18-10-4-1-5-11-18)17-24(21)20-14-8-3-9-15-20/h2-3,6-9,12-15,18H,1,4-5,10-11,16-17H2. The first-order valence-corrected chi connectivity index (χ1v) is 9.26. The summed E-state index contributed by atoms with van der Waals surface area (Å²) in [6.07, 6.45) is 6.41. The van der Waals surface area contributed by atoms with E-state index in [0.717, 1.165) is 11.4 Å². The zero-order chi connectivity index (χ0) is 17.1. The third-order valence-electron chi connectivity index (χ3n) is 5.33. The van der Waals surface area contributed by atoms with Crippen molar-refractivity contribution in [2.75, 3.05) is 23.1 Å². The van der Waals surface area contributed by atoms with Crippen LogP contribution < -0.4 is 9.80 Å². The van der Waals surface area contributed by atoms with Gasteiger partial charge in [0.15, 0.2) is 0 Å². The lowest BCUT2D eigenvalue weighted by molar-refractivity contribution is 0.143. The molecule has 2 amide bonds. The molecule has 1 heterocycles. The van der Waals surface area contributed by atoms with Gasteiger partial charge < -0.3 is 0 Å². The fraction of sp³-hybridized carbons (Fsp3) is 0.381. The summed E-state index contributed by atoms with van der Waals surface area (Å²) in [6, 6.07) is 20.7. The van der Waals surface area contributed by atoms with Gasteiger partial charge in [-0.15, -0.1) is 0 Å². The Balaban J connectivity index is 1.65. The van der Waals surface area contributed by atoms with Crippen LogP contribution in [0.25, 0.3) is 0 Å². The fourth-order valence-corrected chi connectivity index (χ4v) is 3.95. The van der Waals surface area contributed by atoms with Crippen LogP contribution >= 0.6 is 0 Å². The van der Waals surface area contributed by atoms with Crippen LogP contribution in [0, 0.1) is 0 Å². The topological polar surface area (TPSA) is 26.8 Å². The molecule has 2 aliphatic rings. The number of hydrogen-bond donors (Lipinski definition) is 0. The first-order valence-electron chi connectivity index (χ1n) is 9.26. The van der Waals surface area contributed by atoms with Crippen LogP contribution in [0.15, 0.2) is 60.7 Å². The maximum Gasteiger partial charge on any atom is 0.331 e. The molecule has 4 rings (SSSR count). The molecule has 0 unspecified atom stereocenters. The molecule has 4 nitrogen and oxygen atoms in total. The zero-order valence-corrected chi connectivity index (χ0v) is 14.6. The molecular formula is C21H25N3O. The Morgan fingerprint density at radius 3 is 1.64 bits per heavy atom. The highest BCUT2D eigenvalue weighted by Crippen LogP contribution is 2.29. The van der Waals surface area contributed by atoms with E-state index >= 15 is 0 Å². The minimum atomic E-state index is 0.0597. The molecule has 4 heteroatoms. The lowest BCUT2D eigenvalue weighted by Gasteiger charge is -2.46. The highest BCUT2D eigenvalue weighted by atomic mass is 16.2. The van der Waals surface area contributed by atoms with Crippen molar-refractivity contribution < 1.29 is 4.79 Å². The van der Waals surface area contributed by atoms with Crippen molar-refractivity contribution in [2.24, 2.45) is 0 Å². The molecular weight excluding hydrogens is 310 g/mol. The van der Waals surface area contributed by atoms with Gasteiger partial charge in [0.05, 0.1) is 13.3 Å². The van der Waals surface area contributed by atoms with E-state index < -0.39 is 0 Å². The molecule has 1 saturated carbocycles. The van der Waals surface area contributed by atoms with Gasteiger partial charge in [0, 0.05) is 17.4 Å². The van der Waals surface area contributed by atoms with Gasteiger partial charge in [-0.25, -0.2) is 4.79 Å². The highest BCUT2D eigenvalue weighted by Gasteiger charge is 2.35. The predicted octanol–water partition coefficient (Wildman–Crippen LogP) is 4.68. The molecule has 2 aromatic carbocycles. The number of anilines is 2. The van der Waals surface area contributed by atoms with Gasteiger partial charge >= 0.3 is 6.03 Å². The van der Waals surface area contributed by atoms with Crippen LogP contribution in [0.1, 0.15) is 32.1 Å². The van der Waals surface area contributed by atoms with Crippen LogP contribution in [0.5, 0.6) is 0 Å². The number of amides is 2. The van der Waals surface area contributed by atoms with Gasteiger partial charge in [-0.2, -0.15) is 0 Å². The van der Waals surface area contributed by atoms with Crippen molar-refractivity contribution in [3.63, 3.8) is 0 Å². The maximum absolute atomic E-state index is 13.2. The molecule has 0 atom stereocenters. The van der Waals surface area contributed by atoms with Crippen molar-refractivity contribution in [2.45, 2.75) is 38.1 Å². The van der Waals surface area contributed by atoms with Crippen molar-refractivity contribution in [3.05, 3.63) is 60.7 Å². The van der Waals surface area contributed by atoms with E-state index in [4.69, 9.17) is 0 Å². The smallest absolute Gasteiger partial charge is 0.280 e. The van der Waals surface area contributed by atoms with E-state index in [-0.39, 0.29) is 6.03 Å². The van der Waals surface area contributed by atoms with Gasteiger partial charge in [-0.3, -0.25) is 14.7 Å². The summed E-state index contributed by atoms with van der Waals surface area (Å²) in [5, 5.41) is 0. The molecule has 0 bridgehead atoms. The molecule has 2 aromatic rings. The third-order valence-corrected chi connectivity index (χ3v) is 5.33. The molecule has 1 aliphatic heterocycles. The molecule has 0 radical (unpaired) electrons. The number of hydrogen-bond acceptors (Lipinski definition) is 2. The maximum atomic E-state index is 13.2. The summed E-state index contributed by atoms with van der Waals surface area (Å²) in [4.78, 5) is 19.5. The Morgan fingerprint density at radius 2 is 1.16 bits per heavy atom. The molecule has 130 valence electrons. The number of carbonyl (C=O) groups is 1. The average molecular weight is 335 g/mol. The SMILES string of the molecule is O=C1N(c2ccccc2)CN(C2CCCCC2)CN1c1ccccc1. The monoisotopic (exact) mass is 335 g/mol. The molecule has 0 N–H and O–H groups in total. The predicted molar refractivity (Wildman–Crippen MR) is 102 cm³/mol. The lowest BCUT2D eigenvalue weighted by atomic mass is 9.94. The van der Waals surface area contributed by atoms with Crippen molar-refractivity contribution in [3.8, 4) is 0 Å². The van der Waals surface area contributed by atoms with Crippen LogP contribution in [-0.4, -0.2) is 30.3 Å². The van der Waals surface area contributed by atoms with Crippen LogP contribution in [-0.2, 0) is 0 Å². The van der Waals surface area contributed by atoms with Crippen LogP contribution in [0.3, 0.4) is 0 Å². The number of carbonyl (C=O) groups excluding carboxylic acids is 1. The largest absolute Gasteiger partial charge is 0.331 e. The van der Waals surface area contributed by atoms with Gasteiger partial charge in [0.1, 0.15) is 0 Å². The van der Waals surface area contributed by atoms with Crippen LogP contribution in [0.4, 0.5) is 16.2 Å². The van der Waals surface area contributed by atoms with Gasteiger partial charge in [-0.1, -0.05) is 55.7 Å². The summed E-state index contributed by atoms with van der Waals surface area (Å²) < 4.78 is 0. The molecule has 2 fully saturated rings. The number of nitrogens with zero attached hydrogens (tertiary/aromatic N) is 3. The first kappa shape index (κ1) is 16.2. The Hall–Kier alpha value is -2.33. The van der Waals surface area contributed by atoms with Crippen LogP contribution in [0.2, 0.25) is 0 Å². The van der Waals surface area contributed by atoms with E-state index in [9.17, 15) is 4.79 Å². The van der Waals surface area contributed by atoms with E-state index in [2.05, 4.69) is 4.90 Å². The molecule has 0 spiro atoms. The average Bonchev–Trinajstić information content (AvgIpc) is 2.70. The van der Waals surface area contributed by atoms with Gasteiger partial charge in [0.2, 0.25) is 0 Å². The van der Waals surface area contributed by atoms with Crippen molar-refractivity contribution >= 4 is 17.4 Å². The molecule has 25 heavy (non-hydrogen) atoms. The van der Waals surface area contributed by atoms with E-state index in [1.807, 2.05) is 70.5 Å². The van der Waals surface area contributed by atoms with Gasteiger partial charge in [0.25, 0.3) is 0 Å². The minimum Gasteiger partial charge on any atom is -0.280 e. The van der Waals surface area contributed by atoms with E-state index in [1.165, 1.54) is 32.1 Å². The minimum absolute atomic E-state index is 0.0597. The normalized spacial score (nSPS) is 20.1. The second-order valence-corrected chi connectivity index (χ2v) is 6.97. The Morgan fingerprint density at radius 1 is 0.680 bits per heavy atom. The third kappa shape index (κ3) is 3.40. The summed E-state index contributed by atoms with van der Waals surface area (Å²) in [6.45, 7) is 1.35. The number of benzene rings is 2. The number of rotatable bonds is 3. The summed E-state index contributed by atoms with van der Waals surface area (Å²) in [7, 11) is 0. The molecule has 0 aromatic heterocycles. The molecule has 1 saturated heterocycles. The molecule has 1 aliphatic carbocycles. The lowest BCUT2D eigenvalue weighted by Crippen LogP contribution is -2.61. The Labute approximate surface area is 149 Å². The van der Waals surface area contributed by atoms with Gasteiger partial charge in [-0.05, 0) is 37.1 Å². The van der Waals surface area contributed by atoms with Crippen molar-refractivity contribution in [1.29, 1.82) is 0 Å². The van der Waals surface area contributed by atoms with Crippen molar-refractivity contribution in [1.82, 2.24) is 4.90 Å². The number of urea groups is 1. The summed E-state index contributed by atoms with van der Waals surface area (Å²) in [5.41, 5.74) is 1.93. The fourth-order valence-electron chi connectivity index (χ4n) is 3.95. The quantitative estimate of drug-likeness (QED) is 0.814. The highest BCUT2D eigenvalue weighted by molar-refractivity contribution is 6.04. The second kappa shape index (κ2) is 7.28. The van der Waals surface area contributed by atoms with E-state index in [1.54, 1.807) is 0 Å².